The summed E-state index contributed by atoms with van der Waals surface area (Å²) in [6, 6.07) is 0. The van der Waals surface area contributed by atoms with Gasteiger partial charge in [-0.1, -0.05) is 34.8 Å². The molecule has 4 rings (SSSR count). The fraction of sp³-hybridized carbons (Fsp3) is 0.636. The van der Waals surface area contributed by atoms with Crippen LogP contribution in [-0.2, 0) is 0 Å². The molecular formula is C22H33Cl3N6O2. The largest absolute Gasteiger partial charge is 0.476 e. The molecule has 11 heteroatoms. The van der Waals surface area contributed by atoms with Gasteiger partial charge in [0.05, 0.1) is 31.4 Å². The van der Waals surface area contributed by atoms with Crippen LogP contribution in [0.2, 0.25) is 15.5 Å². The summed E-state index contributed by atoms with van der Waals surface area (Å²) in [6.45, 7) is 5.73. The third-order valence-corrected chi connectivity index (χ3v) is 6.17. The zero-order valence-corrected chi connectivity index (χ0v) is 21.5. The van der Waals surface area contributed by atoms with Gasteiger partial charge in [-0.3, -0.25) is 0 Å². The van der Waals surface area contributed by atoms with E-state index in [1.165, 1.54) is 44.3 Å². The lowest BCUT2D eigenvalue weighted by Gasteiger charge is -2.28. The first-order valence-electron chi connectivity index (χ1n) is 11.1. The maximum Gasteiger partial charge on any atom is 0.232 e. The highest BCUT2D eigenvalue weighted by atomic mass is 35.5. The summed E-state index contributed by atoms with van der Waals surface area (Å²) in [4.78, 5) is 19.9. The van der Waals surface area contributed by atoms with Gasteiger partial charge < -0.3 is 19.6 Å². The fourth-order valence-corrected chi connectivity index (χ4v) is 3.64. The van der Waals surface area contributed by atoms with Crippen LogP contribution in [0.15, 0.2) is 24.8 Å². The number of rotatable bonds is 4. The van der Waals surface area contributed by atoms with Gasteiger partial charge in [0.2, 0.25) is 5.88 Å². The minimum Gasteiger partial charge on any atom is -0.476 e. The predicted molar refractivity (Wildman–Crippen MR) is 132 cm³/mol. The summed E-state index contributed by atoms with van der Waals surface area (Å²) in [7, 11) is 4.29. The number of likely N-dealkylation sites (tertiary alicyclic amines) is 2. The molecule has 0 bridgehead atoms. The molecule has 0 unspecified atom stereocenters. The summed E-state index contributed by atoms with van der Waals surface area (Å²) >= 11 is 16.4. The van der Waals surface area contributed by atoms with Crippen LogP contribution in [0.3, 0.4) is 0 Å². The molecule has 8 nitrogen and oxygen atoms in total. The molecule has 4 heterocycles. The van der Waals surface area contributed by atoms with Gasteiger partial charge >= 0.3 is 0 Å². The van der Waals surface area contributed by atoms with E-state index in [4.69, 9.17) is 44.6 Å². The smallest absolute Gasteiger partial charge is 0.232 e. The third kappa shape index (κ3) is 12.1. The van der Waals surface area contributed by atoms with Gasteiger partial charge in [0.1, 0.15) is 15.5 Å². The number of halogens is 3. The van der Waals surface area contributed by atoms with Crippen LogP contribution >= 0.6 is 34.8 Å². The number of nitrogens with zero attached hydrogens (tertiary/aromatic N) is 6. The van der Waals surface area contributed by atoms with E-state index < -0.39 is 0 Å². The Balaban J connectivity index is 0.000000192. The molecule has 2 saturated heterocycles. The topological polar surface area (TPSA) is 87.5 Å². The zero-order valence-electron chi connectivity index (χ0n) is 19.2. The summed E-state index contributed by atoms with van der Waals surface area (Å²) in [5, 5.41) is 9.87. The lowest BCUT2D eigenvalue weighted by Crippen LogP contribution is -2.32. The molecule has 184 valence electrons. The highest BCUT2D eigenvalue weighted by Crippen LogP contribution is 2.17. The molecule has 2 aromatic heterocycles. The number of hydrogen-bond donors (Lipinski definition) is 1. The molecule has 0 amide bonds. The van der Waals surface area contributed by atoms with E-state index in [1.807, 2.05) is 0 Å². The Labute approximate surface area is 211 Å². The number of aliphatic hydroxyl groups is 1. The molecule has 0 atom stereocenters. The Hall–Kier alpha value is -1.29. The zero-order chi connectivity index (χ0) is 24.1. The van der Waals surface area contributed by atoms with Crippen LogP contribution in [0, 0.1) is 11.8 Å². The molecule has 0 spiro atoms. The number of hydrogen-bond acceptors (Lipinski definition) is 8. The highest BCUT2D eigenvalue weighted by Gasteiger charge is 2.17. The third-order valence-electron chi connectivity index (χ3n) is 5.59. The van der Waals surface area contributed by atoms with Crippen molar-refractivity contribution in [2.75, 3.05) is 53.5 Å². The standard InChI is InChI=1S/C11H16ClN3O.C7H15NO.C4H2Cl2N2/c1-15-4-2-9(3-5-15)8-16-11-7-13-10(12)6-14-11;1-8-4-2-7(6-9)3-5-8;5-3-1-7-4(6)2-8-3/h6-7,9H,2-5,8H2,1H3;7,9H,2-6H2,1H3;1-2H. The predicted octanol–water partition coefficient (Wildman–Crippen LogP) is 3.95. The van der Waals surface area contributed by atoms with Gasteiger partial charge in [0.15, 0.2) is 0 Å². The van der Waals surface area contributed by atoms with Crippen LogP contribution in [-0.4, -0.2) is 88.3 Å². The molecule has 1 N–H and O–H groups in total. The van der Waals surface area contributed by atoms with E-state index in [9.17, 15) is 0 Å². The Morgan fingerprint density at radius 3 is 1.58 bits per heavy atom. The summed E-state index contributed by atoms with van der Waals surface area (Å²) in [5.74, 6) is 1.78. The van der Waals surface area contributed by atoms with Crippen molar-refractivity contribution < 1.29 is 9.84 Å². The number of aliphatic hydroxyl groups excluding tert-OH is 1. The number of aromatic nitrogens is 4. The first-order chi connectivity index (χ1) is 15.9. The average Bonchev–Trinajstić information content (AvgIpc) is 2.83. The molecule has 0 aliphatic carbocycles. The minimum atomic E-state index is 0.356. The second-order valence-corrected chi connectivity index (χ2v) is 9.49. The van der Waals surface area contributed by atoms with Crippen molar-refractivity contribution in [2.45, 2.75) is 25.7 Å². The molecular weight excluding hydrogens is 487 g/mol. The van der Waals surface area contributed by atoms with E-state index >= 15 is 0 Å². The highest BCUT2D eigenvalue weighted by molar-refractivity contribution is 6.30. The molecule has 0 saturated carbocycles. The van der Waals surface area contributed by atoms with E-state index in [0.29, 0.717) is 39.8 Å². The monoisotopic (exact) mass is 518 g/mol. The van der Waals surface area contributed by atoms with Crippen LogP contribution in [0.25, 0.3) is 0 Å². The van der Waals surface area contributed by atoms with E-state index in [2.05, 4.69) is 43.8 Å². The fourth-order valence-electron chi connectivity index (χ4n) is 3.35. The molecule has 0 radical (unpaired) electrons. The first-order valence-corrected chi connectivity index (χ1v) is 12.2. The van der Waals surface area contributed by atoms with Crippen molar-refractivity contribution in [1.29, 1.82) is 0 Å². The van der Waals surface area contributed by atoms with Crippen molar-refractivity contribution in [3.63, 3.8) is 0 Å². The Morgan fingerprint density at radius 1 is 0.758 bits per heavy atom. The van der Waals surface area contributed by atoms with Gasteiger partial charge in [-0.05, 0) is 77.8 Å². The quantitative estimate of drug-likeness (QED) is 0.650. The number of piperidine rings is 2. The normalized spacial score (nSPS) is 18.0. The lowest BCUT2D eigenvalue weighted by atomic mass is 9.98. The molecule has 2 aliphatic heterocycles. The lowest BCUT2D eigenvalue weighted by molar-refractivity contribution is 0.148. The van der Waals surface area contributed by atoms with Gasteiger partial charge in [0, 0.05) is 6.61 Å². The van der Waals surface area contributed by atoms with Crippen molar-refractivity contribution in [1.82, 2.24) is 29.7 Å². The molecule has 0 aromatic carbocycles. The Kier molecular flexibility index (Phi) is 13.2. The van der Waals surface area contributed by atoms with Crippen LogP contribution in [0.1, 0.15) is 25.7 Å². The van der Waals surface area contributed by atoms with Crippen molar-refractivity contribution in [3.05, 3.63) is 40.2 Å². The molecule has 33 heavy (non-hydrogen) atoms. The van der Waals surface area contributed by atoms with E-state index in [1.54, 1.807) is 6.20 Å². The second-order valence-electron chi connectivity index (χ2n) is 8.33. The molecule has 2 fully saturated rings. The van der Waals surface area contributed by atoms with Crippen molar-refractivity contribution >= 4 is 34.8 Å². The summed E-state index contributed by atoms with van der Waals surface area (Å²) in [5.41, 5.74) is 0. The summed E-state index contributed by atoms with van der Waals surface area (Å²) < 4.78 is 5.58. The minimum absolute atomic E-state index is 0.356. The van der Waals surface area contributed by atoms with Gasteiger partial charge in [-0.25, -0.2) is 19.9 Å². The Bertz CT molecular complexity index is 748. The average molecular weight is 520 g/mol. The van der Waals surface area contributed by atoms with Crippen molar-refractivity contribution in [2.24, 2.45) is 11.8 Å². The SMILES string of the molecule is CN1CCC(CO)CC1.CN1CCC(COc2cnc(Cl)cn2)CC1.Clc1cnc(Cl)cn1. The number of ether oxygens (including phenoxy) is 1. The summed E-state index contributed by atoms with van der Waals surface area (Å²) in [6.07, 6.45) is 10.6. The van der Waals surface area contributed by atoms with E-state index in [0.717, 1.165) is 32.8 Å². The maximum absolute atomic E-state index is 8.76. The van der Waals surface area contributed by atoms with Gasteiger partial charge in [-0.2, -0.15) is 0 Å². The van der Waals surface area contributed by atoms with Crippen molar-refractivity contribution in [3.8, 4) is 5.88 Å². The first kappa shape index (κ1) is 28.0. The van der Waals surface area contributed by atoms with E-state index in [-0.39, 0.29) is 0 Å². The van der Waals surface area contributed by atoms with Crippen LogP contribution in [0.4, 0.5) is 0 Å². The second kappa shape index (κ2) is 15.6. The van der Waals surface area contributed by atoms with Crippen LogP contribution < -0.4 is 4.74 Å². The molecule has 2 aliphatic rings. The van der Waals surface area contributed by atoms with Gasteiger partial charge in [0.25, 0.3) is 0 Å². The molecule has 2 aromatic rings. The van der Waals surface area contributed by atoms with Crippen LogP contribution in [0.5, 0.6) is 5.88 Å². The Morgan fingerprint density at radius 2 is 1.18 bits per heavy atom. The maximum atomic E-state index is 8.76. The van der Waals surface area contributed by atoms with Gasteiger partial charge in [-0.15, -0.1) is 0 Å².